The van der Waals surface area contributed by atoms with E-state index in [0.717, 1.165) is 72.0 Å². The fourth-order valence-corrected chi connectivity index (χ4v) is 14.4. The van der Waals surface area contributed by atoms with Gasteiger partial charge in [0.15, 0.2) is 23.0 Å². The van der Waals surface area contributed by atoms with Crippen LogP contribution in [0.15, 0.2) is 73.1 Å². The van der Waals surface area contributed by atoms with Gasteiger partial charge < -0.3 is 39.2 Å². The van der Waals surface area contributed by atoms with Gasteiger partial charge in [-0.15, -0.1) is 10.2 Å². The molecule has 2 aromatic heterocycles. The maximum Gasteiger partial charge on any atom is 0.311 e. The van der Waals surface area contributed by atoms with Gasteiger partial charge in [-0.25, -0.2) is 0 Å². The van der Waals surface area contributed by atoms with Crippen molar-refractivity contribution in [2.24, 2.45) is 5.92 Å². The number of amides is 3. The van der Waals surface area contributed by atoms with Crippen LogP contribution < -0.4 is 24.3 Å². The molecule has 2 N–H and O–H groups in total. The standard InChI is InChI=1S/C71H86N10O13S/c1-6-61(85)78(35-31-72-60(84)19-9-15-52-43-80(75-73-52)32-11-21-64(89)93-59-28-26-51-42-57-67-49(29-34-77(57)5)14-8-18-55(67)69(51)70(59)92-47(4)83)36-37-79(38-40-95-39-30-63(87)88)62(86)20-10-16-53-44-81(76-74-53)33-12-22-65(90)94-71-58(91-46(3)82)27-25-50-41-56-45(2)23-24-48-13-7-17-54(66(48)56)68(50)71/h7-8,13-14,17-18,25-28,43-45,56-57H,6,9-12,15-16,19-24,29-42H2,1-5H3,(H,72,84)(H,87,88)/t45?,56-,57+/m0/s1. The van der Waals surface area contributed by atoms with Gasteiger partial charge in [0.05, 0.1) is 17.8 Å². The number of rotatable bonds is 33. The quantitative estimate of drug-likeness (QED) is 0.0221. The van der Waals surface area contributed by atoms with Crippen molar-refractivity contribution in [1.29, 1.82) is 0 Å². The van der Waals surface area contributed by atoms with Crippen LogP contribution in [0.4, 0.5) is 0 Å². The normalized spacial score (nSPS) is 15.7. The Labute approximate surface area is 557 Å². The summed E-state index contributed by atoms with van der Waals surface area (Å²) in [7, 11) is 2.13. The Bertz CT molecular complexity index is 3810. The molecule has 95 heavy (non-hydrogen) atoms. The zero-order chi connectivity index (χ0) is 67.1. The third kappa shape index (κ3) is 17.8. The number of carboxylic acids is 1. The Hall–Kier alpha value is -8.77. The highest BCUT2D eigenvalue weighted by Gasteiger charge is 2.38. The third-order valence-electron chi connectivity index (χ3n) is 18.4. The van der Waals surface area contributed by atoms with E-state index in [1.165, 1.54) is 47.9 Å². The number of aromatic nitrogens is 6. The highest BCUT2D eigenvalue weighted by atomic mass is 32.2. The van der Waals surface area contributed by atoms with Gasteiger partial charge in [0.25, 0.3) is 0 Å². The first kappa shape index (κ1) is 69.1. The van der Waals surface area contributed by atoms with Gasteiger partial charge in [0, 0.05) is 139 Å². The molecule has 504 valence electrons. The molecule has 3 atom stereocenters. The summed E-state index contributed by atoms with van der Waals surface area (Å²) in [4.78, 5) is 108. The number of fused-ring (bicyclic) bond motifs is 4. The molecule has 0 bridgehead atoms. The summed E-state index contributed by atoms with van der Waals surface area (Å²) in [6.07, 6.45) is 11.7. The number of carbonyl (C=O) groups is 8. The molecule has 3 heterocycles. The largest absolute Gasteiger partial charge is 0.481 e. The minimum Gasteiger partial charge on any atom is -0.481 e. The molecule has 6 aromatic rings. The molecule has 4 aromatic carbocycles. The Morgan fingerprint density at radius 3 is 1.85 bits per heavy atom. The molecule has 3 amide bonds. The first-order chi connectivity index (χ1) is 45.9. The maximum absolute atomic E-state index is 13.8. The lowest BCUT2D eigenvalue weighted by Crippen LogP contribution is -2.44. The molecule has 23 nitrogen and oxygen atoms in total. The van der Waals surface area contributed by atoms with Crippen molar-refractivity contribution < 1.29 is 62.4 Å². The van der Waals surface area contributed by atoms with E-state index in [-0.39, 0.29) is 111 Å². The molecule has 0 fully saturated rings. The first-order valence-electron chi connectivity index (χ1n) is 33.3. The van der Waals surface area contributed by atoms with E-state index in [1.807, 2.05) is 30.3 Å². The molecule has 10 rings (SSSR count). The highest BCUT2D eigenvalue weighted by molar-refractivity contribution is 7.99. The van der Waals surface area contributed by atoms with Gasteiger partial charge in [-0.1, -0.05) is 72.8 Å². The summed E-state index contributed by atoms with van der Waals surface area (Å²) in [6, 6.07) is 20.1. The summed E-state index contributed by atoms with van der Waals surface area (Å²) in [5.41, 5.74) is 12.1. The fourth-order valence-electron chi connectivity index (χ4n) is 13.6. The minimum absolute atomic E-state index is 0.00195. The Morgan fingerprint density at radius 1 is 0.621 bits per heavy atom. The molecule has 3 aliphatic carbocycles. The molecule has 0 spiro atoms. The van der Waals surface area contributed by atoms with Crippen LogP contribution in [0.3, 0.4) is 0 Å². The second-order valence-electron chi connectivity index (χ2n) is 25.1. The van der Waals surface area contributed by atoms with Crippen molar-refractivity contribution in [3.05, 3.63) is 118 Å². The van der Waals surface area contributed by atoms with Crippen molar-refractivity contribution >= 4 is 59.3 Å². The minimum atomic E-state index is -0.898. The molecule has 4 aliphatic rings. The molecule has 0 saturated carbocycles. The Morgan fingerprint density at radius 2 is 1.21 bits per heavy atom. The van der Waals surface area contributed by atoms with E-state index in [9.17, 15) is 43.5 Å². The number of aliphatic carboxylic acids is 1. The van der Waals surface area contributed by atoms with Gasteiger partial charge in [-0.3, -0.25) is 52.6 Å². The lowest BCUT2D eigenvalue weighted by molar-refractivity contribution is -0.137. The van der Waals surface area contributed by atoms with Crippen molar-refractivity contribution in [2.45, 2.75) is 162 Å². The van der Waals surface area contributed by atoms with E-state index >= 15 is 0 Å². The zero-order valence-corrected chi connectivity index (χ0v) is 55.8. The predicted octanol–water partition coefficient (Wildman–Crippen LogP) is 8.87. The number of likely N-dealkylation sites (N-methyl/N-ethyl adjacent to an activating group) is 1. The summed E-state index contributed by atoms with van der Waals surface area (Å²) < 4.78 is 26.7. The number of thioether (sulfide) groups is 1. The van der Waals surface area contributed by atoms with E-state index in [4.69, 9.17) is 18.9 Å². The number of carbonyl (C=O) groups excluding carboxylic acids is 7. The maximum atomic E-state index is 13.8. The number of hydrogen-bond donors (Lipinski definition) is 2. The van der Waals surface area contributed by atoms with Crippen LogP contribution in [0.1, 0.15) is 155 Å². The number of aryl methyl sites for hydroxylation is 5. The zero-order valence-electron chi connectivity index (χ0n) is 55.0. The van der Waals surface area contributed by atoms with Gasteiger partial charge in [-0.05, 0) is 146 Å². The smallest absolute Gasteiger partial charge is 0.311 e. The molecular weight excluding hydrogens is 1230 g/mol. The van der Waals surface area contributed by atoms with Crippen LogP contribution >= 0.6 is 11.8 Å². The second kappa shape index (κ2) is 32.6. The lowest BCUT2D eigenvalue weighted by Gasteiger charge is -2.40. The molecular formula is C71H86N10O13S. The molecule has 1 aliphatic heterocycles. The van der Waals surface area contributed by atoms with E-state index < -0.39 is 29.8 Å². The van der Waals surface area contributed by atoms with Crippen LogP contribution in [0.5, 0.6) is 23.0 Å². The van der Waals surface area contributed by atoms with E-state index in [2.05, 4.69) is 63.0 Å². The second-order valence-corrected chi connectivity index (χ2v) is 26.3. The van der Waals surface area contributed by atoms with Crippen molar-refractivity contribution in [1.82, 2.24) is 50.0 Å². The summed E-state index contributed by atoms with van der Waals surface area (Å²) in [5.74, 6) is -0.618. The van der Waals surface area contributed by atoms with Crippen LogP contribution in [0, 0.1) is 5.92 Å². The lowest BCUT2D eigenvalue weighted by atomic mass is 9.67. The van der Waals surface area contributed by atoms with Gasteiger partial charge in [0.1, 0.15) is 0 Å². The Balaban J connectivity index is 0.640. The Kier molecular flexibility index (Phi) is 23.7. The van der Waals surface area contributed by atoms with Crippen LogP contribution in [-0.4, -0.2) is 155 Å². The summed E-state index contributed by atoms with van der Waals surface area (Å²) in [5, 5.41) is 29.2. The third-order valence-corrected chi connectivity index (χ3v) is 19.3. The van der Waals surface area contributed by atoms with E-state index in [0.29, 0.717) is 92.9 Å². The highest BCUT2D eigenvalue weighted by Crippen LogP contribution is 2.54. The van der Waals surface area contributed by atoms with Crippen LogP contribution in [0.25, 0.3) is 22.3 Å². The average Bonchev–Trinajstić information content (AvgIpc) is 1.10. The number of ether oxygens (including phenoxy) is 4. The topological polar surface area (TPSA) is 277 Å². The molecule has 24 heteroatoms. The molecule has 0 radical (unpaired) electrons. The summed E-state index contributed by atoms with van der Waals surface area (Å²) >= 11 is 1.44. The van der Waals surface area contributed by atoms with Crippen molar-refractivity contribution in [3.63, 3.8) is 0 Å². The average molecular weight is 1320 g/mol. The number of esters is 4. The van der Waals surface area contributed by atoms with Crippen molar-refractivity contribution in [2.75, 3.05) is 57.8 Å². The number of hydrogen-bond acceptors (Lipinski definition) is 18. The van der Waals surface area contributed by atoms with E-state index in [1.54, 1.807) is 50.6 Å². The van der Waals surface area contributed by atoms with Gasteiger partial charge >= 0.3 is 29.8 Å². The molecule has 0 saturated heterocycles. The van der Waals surface area contributed by atoms with Gasteiger partial charge in [-0.2, -0.15) is 11.8 Å². The number of nitrogens with zero attached hydrogens (tertiary/aromatic N) is 9. The fraction of sp³-hybridized carbons (Fsp3) is 0.493. The number of benzene rings is 4. The number of carboxylic acid groups (broad SMARTS) is 1. The van der Waals surface area contributed by atoms with Crippen molar-refractivity contribution in [3.8, 4) is 45.3 Å². The SMILES string of the molecule is CCC(=O)N(CCNC(=O)CCCc1cn(CCCC(=O)Oc2ccc3c(c2OC(C)=O)-c2cccc4c2[C@@H](C3)N(C)CC4)nn1)CCN(CCSCCC(=O)O)C(=O)CCCc1cn(CCCC(=O)Oc2c(OC(C)=O)ccc3c2-c2cccc4c2[C@@H](C3)C(C)CC4)nn1. The molecule has 1 unspecified atom stereocenters. The monoisotopic (exact) mass is 1320 g/mol. The number of nitrogens with one attached hydrogen (secondary N) is 1. The van der Waals surface area contributed by atoms with Crippen LogP contribution in [0.2, 0.25) is 0 Å². The van der Waals surface area contributed by atoms with Gasteiger partial charge in [0.2, 0.25) is 17.7 Å². The first-order valence-corrected chi connectivity index (χ1v) is 34.5. The van der Waals surface area contributed by atoms with Crippen LogP contribution in [-0.2, 0) is 90.0 Å². The summed E-state index contributed by atoms with van der Waals surface area (Å²) in [6.45, 7) is 9.74. The predicted molar refractivity (Wildman–Crippen MR) is 355 cm³/mol.